The van der Waals surface area contributed by atoms with Crippen LogP contribution in [0.15, 0.2) is 0 Å². The molecule has 3 heteroatoms. The first-order valence-corrected chi connectivity index (χ1v) is 3.95. The second-order valence-electron chi connectivity index (χ2n) is 2.95. The van der Waals surface area contributed by atoms with E-state index in [9.17, 15) is 9.59 Å². The lowest BCUT2D eigenvalue weighted by atomic mass is 10.2. The maximum absolute atomic E-state index is 11.1. The Balaban J connectivity index is 2.32. The molecule has 0 aromatic heterocycles. The highest BCUT2D eigenvalue weighted by molar-refractivity contribution is 5.92. The predicted octanol–water partition coefficient (Wildman–Crippen LogP) is 0.348. The monoisotopic (exact) mass is 155 g/mol. The van der Waals surface area contributed by atoms with Crippen LogP contribution in [0, 0.1) is 11.8 Å². The Morgan fingerprint density at radius 2 is 2.09 bits per heavy atom. The Bertz CT molecular complexity index is 189. The fourth-order valence-corrected chi connectivity index (χ4v) is 1.24. The van der Waals surface area contributed by atoms with E-state index in [1.165, 1.54) is 0 Å². The van der Waals surface area contributed by atoms with E-state index in [2.05, 4.69) is 5.32 Å². The fraction of sp³-hybridized carbons (Fsp3) is 0.750. The van der Waals surface area contributed by atoms with Crippen molar-refractivity contribution in [2.45, 2.75) is 20.3 Å². The minimum atomic E-state index is -0.0209. The van der Waals surface area contributed by atoms with Crippen molar-refractivity contribution in [2.24, 2.45) is 11.8 Å². The average molecular weight is 155 g/mol. The first-order valence-electron chi connectivity index (χ1n) is 3.95. The zero-order valence-electron chi connectivity index (χ0n) is 6.89. The highest BCUT2D eigenvalue weighted by Crippen LogP contribution is 2.38. The summed E-state index contributed by atoms with van der Waals surface area (Å²) in [5, 5.41) is 2.70. The minimum absolute atomic E-state index is 0.0153. The molecule has 0 spiro atoms. The molecule has 1 N–H and O–H groups in total. The largest absolute Gasteiger partial charge is 0.356 e. The number of hydrogen-bond acceptors (Lipinski definition) is 2. The van der Waals surface area contributed by atoms with Crippen LogP contribution in [0.3, 0.4) is 0 Å². The third kappa shape index (κ3) is 1.79. The van der Waals surface area contributed by atoms with Gasteiger partial charge >= 0.3 is 0 Å². The molecule has 0 aromatic rings. The van der Waals surface area contributed by atoms with Crippen LogP contribution in [-0.4, -0.2) is 18.2 Å². The second-order valence-corrected chi connectivity index (χ2v) is 2.95. The van der Waals surface area contributed by atoms with Crippen molar-refractivity contribution >= 4 is 11.7 Å². The van der Waals surface area contributed by atoms with Gasteiger partial charge in [0, 0.05) is 18.4 Å². The summed E-state index contributed by atoms with van der Waals surface area (Å²) < 4.78 is 0. The van der Waals surface area contributed by atoms with Gasteiger partial charge in [0.1, 0.15) is 5.78 Å². The molecule has 1 aliphatic rings. The molecule has 0 bridgehead atoms. The molecule has 0 heterocycles. The summed E-state index contributed by atoms with van der Waals surface area (Å²) in [6, 6.07) is 0. The van der Waals surface area contributed by atoms with Gasteiger partial charge in [0.15, 0.2) is 0 Å². The number of nitrogens with one attached hydrogen (secondary N) is 1. The van der Waals surface area contributed by atoms with Crippen molar-refractivity contribution in [2.75, 3.05) is 6.54 Å². The van der Waals surface area contributed by atoms with Crippen LogP contribution < -0.4 is 5.32 Å². The van der Waals surface area contributed by atoms with Gasteiger partial charge in [-0.05, 0) is 20.3 Å². The topological polar surface area (TPSA) is 46.2 Å². The third-order valence-corrected chi connectivity index (χ3v) is 2.00. The molecular weight excluding hydrogens is 142 g/mol. The molecule has 0 aliphatic heterocycles. The second kappa shape index (κ2) is 3.03. The summed E-state index contributed by atoms with van der Waals surface area (Å²) in [7, 11) is 0. The van der Waals surface area contributed by atoms with E-state index in [4.69, 9.17) is 0 Å². The van der Waals surface area contributed by atoms with E-state index in [1.54, 1.807) is 6.92 Å². The molecule has 2 atom stereocenters. The van der Waals surface area contributed by atoms with Gasteiger partial charge in [0.05, 0.1) is 0 Å². The number of ketones is 1. The first-order chi connectivity index (χ1) is 5.16. The Hall–Kier alpha value is -0.860. The van der Waals surface area contributed by atoms with Gasteiger partial charge in [-0.15, -0.1) is 0 Å². The van der Waals surface area contributed by atoms with Gasteiger partial charge in [-0.25, -0.2) is 0 Å². The molecule has 1 rings (SSSR count). The Kier molecular flexibility index (Phi) is 2.27. The number of hydrogen-bond donors (Lipinski definition) is 1. The quantitative estimate of drug-likeness (QED) is 0.639. The van der Waals surface area contributed by atoms with Crippen LogP contribution in [0.2, 0.25) is 0 Å². The Morgan fingerprint density at radius 1 is 1.45 bits per heavy atom. The van der Waals surface area contributed by atoms with Crippen molar-refractivity contribution in [1.29, 1.82) is 0 Å². The SMILES string of the molecule is CCNC(=O)C1CC1C(C)=O. The lowest BCUT2D eigenvalue weighted by Gasteiger charge is -1.98. The van der Waals surface area contributed by atoms with Crippen molar-refractivity contribution in [3.63, 3.8) is 0 Å². The summed E-state index contributed by atoms with van der Waals surface area (Å²) in [5.41, 5.74) is 0. The minimum Gasteiger partial charge on any atom is -0.356 e. The lowest BCUT2D eigenvalue weighted by molar-refractivity contribution is -0.125. The predicted molar refractivity (Wildman–Crippen MR) is 41.0 cm³/mol. The van der Waals surface area contributed by atoms with Crippen LogP contribution in [0.5, 0.6) is 0 Å². The molecule has 1 amide bonds. The van der Waals surface area contributed by atoms with Gasteiger partial charge in [0.25, 0.3) is 0 Å². The standard InChI is InChI=1S/C8H13NO2/c1-3-9-8(11)7-4-6(7)5(2)10/h6-7H,3-4H2,1-2H3,(H,9,11). The van der Waals surface area contributed by atoms with E-state index in [0.29, 0.717) is 6.54 Å². The van der Waals surface area contributed by atoms with Gasteiger partial charge in [-0.3, -0.25) is 9.59 Å². The van der Waals surface area contributed by atoms with Crippen LogP contribution in [0.25, 0.3) is 0 Å². The summed E-state index contributed by atoms with van der Waals surface area (Å²) in [4.78, 5) is 21.8. The molecule has 0 saturated heterocycles. The smallest absolute Gasteiger partial charge is 0.223 e. The van der Waals surface area contributed by atoms with Gasteiger partial charge in [0.2, 0.25) is 5.91 Å². The number of rotatable bonds is 3. The number of amides is 1. The molecular formula is C8H13NO2. The fourth-order valence-electron chi connectivity index (χ4n) is 1.24. The molecule has 0 radical (unpaired) electrons. The maximum Gasteiger partial charge on any atom is 0.223 e. The van der Waals surface area contributed by atoms with E-state index in [1.807, 2.05) is 6.92 Å². The molecule has 3 nitrogen and oxygen atoms in total. The van der Waals surface area contributed by atoms with Crippen molar-refractivity contribution < 1.29 is 9.59 Å². The van der Waals surface area contributed by atoms with Gasteiger partial charge in [-0.2, -0.15) is 0 Å². The van der Waals surface area contributed by atoms with Gasteiger partial charge in [-0.1, -0.05) is 0 Å². The van der Waals surface area contributed by atoms with Crippen molar-refractivity contribution in [1.82, 2.24) is 5.32 Å². The normalized spacial score (nSPS) is 27.8. The number of carbonyl (C=O) groups excluding carboxylic acids is 2. The first kappa shape index (κ1) is 8.24. The van der Waals surface area contributed by atoms with Gasteiger partial charge < -0.3 is 5.32 Å². The van der Waals surface area contributed by atoms with E-state index >= 15 is 0 Å². The lowest BCUT2D eigenvalue weighted by Crippen LogP contribution is -2.25. The summed E-state index contributed by atoms with van der Waals surface area (Å²) in [6.07, 6.45) is 0.751. The zero-order chi connectivity index (χ0) is 8.43. The molecule has 1 saturated carbocycles. The van der Waals surface area contributed by atoms with Crippen molar-refractivity contribution in [3.05, 3.63) is 0 Å². The van der Waals surface area contributed by atoms with Crippen LogP contribution >= 0.6 is 0 Å². The molecule has 2 unspecified atom stereocenters. The highest BCUT2D eigenvalue weighted by atomic mass is 16.2. The van der Waals surface area contributed by atoms with Crippen LogP contribution in [0.4, 0.5) is 0 Å². The highest BCUT2D eigenvalue weighted by Gasteiger charge is 2.45. The Labute approximate surface area is 66.2 Å². The summed E-state index contributed by atoms with van der Waals surface area (Å²) in [5.74, 6) is 0.169. The van der Waals surface area contributed by atoms with Crippen LogP contribution in [-0.2, 0) is 9.59 Å². The summed E-state index contributed by atoms with van der Waals surface area (Å²) >= 11 is 0. The van der Waals surface area contributed by atoms with Crippen LogP contribution in [0.1, 0.15) is 20.3 Å². The van der Waals surface area contributed by atoms with E-state index in [0.717, 1.165) is 6.42 Å². The number of carbonyl (C=O) groups is 2. The molecule has 11 heavy (non-hydrogen) atoms. The maximum atomic E-state index is 11.1. The zero-order valence-corrected chi connectivity index (χ0v) is 6.89. The Morgan fingerprint density at radius 3 is 2.45 bits per heavy atom. The van der Waals surface area contributed by atoms with E-state index < -0.39 is 0 Å². The molecule has 62 valence electrons. The van der Waals surface area contributed by atoms with Crippen molar-refractivity contribution in [3.8, 4) is 0 Å². The summed E-state index contributed by atoms with van der Waals surface area (Å²) in [6.45, 7) is 4.08. The molecule has 1 aliphatic carbocycles. The molecule has 1 fully saturated rings. The average Bonchev–Trinajstić information content (AvgIpc) is 2.65. The molecule has 0 aromatic carbocycles. The van der Waals surface area contributed by atoms with E-state index in [-0.39, 0.29) is 23.5 Å². The number of Topliss-reactive ketones (excluding diaryl/α,β-unsaturated/α-hetero) is 1. The third-order valence-electron chi connectivity index (χ3n) is 2.00.